The molecular formula is C18H18N4O. The molecule has 0 bridgehead atoms. The molecule has 23 heavy (non-hydrogen) atoms. The fraction of sp³-hybridized carbons (Fsp3) is 0.278. The van der Waals surface area contributed by atoms with Gasteiger partial charge in [0.2, 0.25) is 0 Å². The Kier molecular flexibility index (Phi) is 4.53. The van der Waals surface area contributed by atoms with Gasteiger partial charge >= 0.3 is 0 Å². The minimum absolute atomic E-state index is 0.00891. The quantitative estimate of drug-likeness (QED) is 0.944. The number of pyridine rings is 1. The van der Waals surface area contributed by atoms with Crippen LogP contribution in [0.1, 0.15) is 35.3 Å². The monoisotopic (exact) mass is 306 g/mol. The Bertz CT molecular complexity index is 710. The van der Waals surface area contributed by atoms with Crippen molar-refractivity contribution in [1.29, 1.82) is 5.26 Å². The van der Waals surface area contributed by atoms with Crippen molar-refractivity contribution in [2.75, 3.05) is 18.4 Å². The minimum atomic E-state index is 0.00891. The Balaban J connectivity index is 1.66. The van der Waals surface area contributed by atoms with Gasteiger partial charge in [0.05, 0.1) is 23.5 Å². The fourth-order valence-electron chi connectivity index (χ4n) is 2.65. The summed E-state index contributed by atoms with van der Waals surface area (Å²) in [6, 6.07) is 12.9. The lowest BCUT2D eigenvalue weighted by molar-refractivity contribution is 0.0718. The first-order valence-electron chi connectivity index (χ1n) is 7.79. The van der Waals surface area contributed by atoms with Crippen LogP contribution in [-0.2, 0) is 0 Å². The van der Waals surface area contributed by atoms with Gasteiger partial charge in [0.25, 0.3) is 5.91 Å². The zero-order valence-corrected chi connectivity index (χ0v) is 12.8. The molecule has 0 radical (unpaired) electrons. The number of benzene rings is 1. The molecule has 1 N–H and O–H groups in total. The molecular weight excluding hydrogens is 288 g/mol. The molecule has 0 spiro atoms. The van der Waals surface area contributed by atoms with Crippen LogP contribution in [0.15, 0.2) is 42.6 Å². The van der Waals surface area contributed by atoms with Crippen LogP contribution in [0.4, 0.5) is 11.4 Å². The first-order chi connectivity index (χ1) is 11.3. The predicted octanol–water partition coefficient (Wildman–Crippen LogP) is 3.32. The zero-order valence-electron chi connectivity index (χ0n) is 12.8. The van der Waals surface area contributed by atoms with E-state index in [0.29, 0.717) is 11.3 Å². The van der Waals surface area contributed by atoms with Gasteiger partial charge in [0, 0.05) is 18.8 Å². The molecule has 5 heteroatoms. The molecule has 0 atom stereocenters. The van der Waals surface area contributed by atoms with Crippen LogP contribution >= 0.6 is 0 Å². The van der Waals surface area contributed by atoms with E-state index in [4.69, 9.17) is 5.26 Å². The molecule has 0 saturated carbocycles. The molecule has 5 nitrogen and oxygen atoms in total. The average molecular weight is 306 g/mol. The Labute approximate surface area is 135 Å². The Morgan fingerprint density at radius 2 is 1.74 bits per heavy atom. The van der Waals surface area contributed by atoms with Crippen LogP contribution in [0.3, 0.4) is 0 Å². The lowest BCUT2D eigenvalue weighted by Gasteiger charge is -2.26. The molecule has 1 fully saturated rings. The summed E-state index contributed by atoms with van der Waals surface area (Å²) in [4.78, 5) is 18.5. The number of carbonyl (C=O) groups excluding carboxylic acids is 1. The first kappa shape index (κ1) is 15.0. The summed E-state index contributed by atoms with van der Waals surface area (Å²) in [5.74, 6) is 0.00891. The highest BCUT2D eigenvalue weighted by Gasteiger charge is 2.18. The number of aromatic nitrogens is 1. The van der Waals surface area contributed by atoms with Crippen LogP contribution in [0.5, 0.6) is 0 Å². The molecule has 3 rings (SSSR count). The summed E-state index contributed by atoms with van der Waals surface area (Å²) in [7, 11) is 0. The van der Waals surface area contributed by atoms with Crippen LogP contribution in [0, 0.1) is 11.3 Å². The molecule has 1 aliphatic rings. The predicted molar refractivity (Wildman–Crippen MR) is 88.4 cm³/mol. The summed E-state index contributed by atoms with van der Waals surface area (Å²) < 4.78 is 0. The summed E-state index contributed by atoms with van der Waals surface area (Å²) in [5, 5.41) is 12.0. The van der Waals surface area contributed by atoms with E-state index in [1.165, 1.54) is 6.42 Å². The Hall–Kier alpha value is -2.87. The van der Waals surface area contributed by atoms with Gasteiger partial charge in [-0.05, 0) is 55.7 Å². The van der Waals surface area contributed by atoms with Gasteiger partial charge in [-0.3, -0.25) is 4.79 Å². The standard InChI is InChI=1S/C18H18N4O/c19-12-14-4-6-15(7-5-14)21-16-8-9-17(20-13-16)18(23)22-10-2-1-3-11-22/h4-9,13,21H,1-3,10-11H2. The molecule has 0 unspecified atom stereocenters. The molecule has 1 saturated heterocycles. The second kappa shape index (κ2) is 6.93. The van der Waals surface area contributed by atoms with E-state index in [0.717, 1.165) is 37.3 Å². The van der Waals surface area contributed by atoms with E-state index < -0.39 is 0 Å². The molecule has 1 amide bonds. The Morgan fingerprint density at radius 3 is 2.35 bits per heavy atom. The molecule has 1 aromatic carbocycles. The van der Waals surface area contributed by atoms with E-state index in [9.17, 15) is 4.79 Å². The molecule has 116 valence electrons. The topological polar surface area (TPSA) is 69.0 Å². The minimum Gasteiger partial charge on any atom is -0.354 e. The number of nitrogens with zero attached hydrogens (tertiary/aromatic N) is 3. The number of hydrogen-bond donors (Lipinski definition) is 1. The van der Waals surface area contributed by atoms with Crippen LogP contribution in [0.25, 0.3) is 0 Å². The van der Waals surface area contributed by atoms with Gasteiger partial charge in [-0.1, -0.05) is 0 Å². The number of hydrogen-bond acceptors (Lipinski definition) is 4. The summed E-state index contributed by atoms with van der Waals surface area (Å²) >= 11 is 0. The van der Waals surface area contributed by atoms with Crippen molar-refractivity contribution in [3.63, 3.8) is 0 Å². The molecule has 2 heterocycles. The van der Waals surface area contributed by atoms with Crippen molar-refractivity contribution in [3.05, 3.63) is 53.9 Å². The second-order valence-electron chi connectivity index (χ2n) is 5.60. The van der Waals surface area contributed by atoms with E-state index in [1.807, 2.05) is 23.1 Å². The van der Waals surface area contributed by atoms with Gasteiger partial charge in [0.1, 0.15) is 5.69 Å². The SMILES string of the molecule is N#Cc1ccc(Nc2ccc(C(=O)N3CCCCC3)nc2)cc1. The van der Waals surface area contributed by atoms with Crippen molar-refractivity contribution in [2.24, 2.45) is 0 Å². The summed E-state index contributed by atoms with van der Waals surface area (Å²) in [6.45, 7) is 1.65. The third kappa shape index (κ3) is 3.67. The molecule has 1 aliphatic heterocycles. The van der Waals surface area contributed by atoms with Crippen molar-refractivity contribution >= 4 is 17.3 Å². The smallest absolute Gasteiger partial charge is 0.272 e. The van der Waals surface area contributed by atoms with E-state index in [1.54, 1.807) is 24.4 Å². The van der Waals surface area contributed by atoms with Crippen molar-refractivity contribution in [3.8, 4) is 6.07 Å². The zero-order chi connectivity index (χ0) is 16.1. The van der Waals surface area contributed by atoms with Crippen LogP contribution in [0.2, 0.25) is 0 Å². The second-order valence-corrected chi connectivity index (χ2v) is 5.60. The Morgan fingerprint density at radius 1 is 1.04 bits per heavy atom. The third-order valence-corrected chi connectivity index (χ3v) is 3.93. The largest absolute Gasteiger partial charge is 0.354 e. The van der Waals surface area contributed by atoms with Gasteiger partial charge in [-0.2, -0.15) is 5.26 Å². The third-order valence-electron chi connectivity index (χ3n) is 3.93. The molecule has 1 aromatic heterocycles. The van der Waals surface area contributed by atoms with Crippen LogP contribution < -0.4 is 5.32 Å². The molecule has 2 aromatic rings. The number of carbonyl (C=O) groups is 1. The maximum atomic E-state index is 12.4. The number of nitrogens with one attached hydrogen (secondary N) is 1. The highest BCUT2D eigenvalue weighted by molar-refractivity contribution is 5.92. The van der Waals surface area contributed by atoms with Gasteiger partial charge in [-0.15, -0.1) is 0 Å². The number of amides is 1. The maximum absolute atomic E-state index is 12.4. The van der Waals surface area contributed by atoms with Gasteiger partial charge in [0.15, 0.2) is 0 Å². The van der Waals surface area contributed by atoms with Crippen molar-refractivity contribution < 1.29 is 4.79 Å². The number of anilines is 2. The van der Waals surface area contributed by atoms with Crippen LogP contribution in [-0.4, -0.2) is 28.9 Å². The highest BCUT2D eigenvalue weighted by atomic mass is 16.2. The van der Waals surface area contributed by atoms with E-state index in [2.05, 4.69) is 16.4 Å². The lowest BCUT2D eigenvalue weighted by Crippen LogP contribution is -2.36. The average Bonchev–Trinajstić information content (AvgIpc) is 2.63. The van der Waals surface area contributed by atoms with E-state index >= 15 is 0 Å². The van der Waals surface area contributed by atoms with Crippen molar-refractivity contribution in [1.82, 2.24) is 9.88 Å². The summed E-state index contributed by atoms with van der Waals surface area (Å²) in [5.41, 5.74) is 2.79. The number of nitriles is 1. The number of likely N-dealkylation sites (tertiary alicyclic amines) is 1. The van der Waals surface area contributed by atoms with E-state index in [-0.39, 0.29) is 5.91 Å². The maximum Gasteiger partial charge on any atom is 0.272 e. The highest BCUT2D eigenvalue weighted by Crippen LogP contribution is 2.17. The molecule has 0 aliphatic carbocycles. The van der Waals surface area contributed by atoms with Crippen molar-refractivity contribution in [2.45, 2.75) is 19.3 Å². The first-order valence-corrected chi connectivity index (χ1v) is 7.79. The fourth-order valence-corrected chi connectivity index (χ4v) is 2.65. The van der Waals surface area contributed by atoms with Gasteiger partial charge in [-0.25, -0.2) is 4.98 Å². The van der Waals surface area contributed by atoms with Gasteiger partial charge < -0.3 is 10.2 Å². The normalized spacial score (nSPS) is 14.1. The summed E-state index contributed by atoms with van der Waals surface area (Å²) in [6.07, 6.45) is 5.01. The number of piperidine rings is 1. The lowest BCUT2D eigenvalue weighted by atomic mass is 10.1. The number of rotatable bonds is 3.